The summed E-state index contributed by atoms with van der Waals surface area (Å²) in [4.78, 5) is 0. The van der Waals surface area contributed by atoms with E-state index >= 15 is 0 Å². The molecule has 0 spiro atoms. The van der Waals surface area contributed by atoms with Gasteiger partial charge in [-0.2, -0.15) is 0 Å². The van der Waals surface area contributed by atoms with Gasteiger partial charge in [-0.3, -0.25) is 0 Å². The summed E-state index contributed by atoms with van der Waals surface area (Å²) < 4.78 is 10.9. The molecule has 2 nitrogen and oxygen atoms in total. The maximum Gasteiger partial charge on any atom is 0.154 e. The van der Waals surface area contributed by atoms with E-state index in [1.807, 2.05) is 19.9 Å². The molecule has 0 bridgehead atoms. The summed E-state index contributed by atoms with van der Waals surface area (Å²) in [5, 5.41) is 0. The highest BCUT2D eigenvalue weighted by Gasteiger charge is 2.05. The molecule has 2 unspecified atom stereocenters. The van der Waals surface area contributed by atoms with Crippen LogP contribution >= 0.6 is 0 Å². The SMILES string of the molecule is C=CCCC=C(C)CCCC(C)CCOC(C)OCC. The van der Waals surface area contributed by atoms with Crippen molar-refractivity contribution in [3.05, 3.63) is 24.3 Å². The van der Waals surface area contributed by atoms with Gasteiger partial charge in [0.25, 0.3) is 0 Å². The van der Waals surface area contributed by atoms with Crippen LogP contribution in [0.15, 0.2) is 24.3 Å². The van der Waals surface area contributed by atoms with Crippen LogP contribution in [0.5, 0.6) is 0 Å². The maximum absolute atomic E-state index is 5.60. The second kappa shape index (κ2) is 13.4. The molecule has 2 atom stereocenters. The molecule has 0 amide bonds. The van der Waals surface area contributed by atoms with Crippen molar-refractivity contribution in [3.63, 3.8) is 0 Å². The summed E-state index contributed by atoms with van der Waals surface area (Å²) in [6.07, 6.45) is 11.4. The van der Waals surface area contributed by atoms with Gasteiger partial charge in [0.1, 0.15) is 0 Å². The first-order valence-corrected chi connectivity index (χ1v) is 8.09. The average Bonchev–Trinajstić information content (AvgIpc) is 2.39. The predicted octanol–water partition coefficient (Wildman–Crippen LogP) is 5.49. The lowest BCUT2D eigenvalue weighted by atomic mass is 9.99. The predicted molar refractivity (Wildman–Crippen MR) is 87.9 cm³/mol. The lowest BCUT2D eigenvalue weighted by Gasteiger charge is -2.15. The maximum atomic E-state index is 5.60. The monoisotopic (exact) mass is 282 g/mol. The van der Waals surface area contributed by atoms with Crippen LogP contribution < -0.4 is 0 Å². The molecule has 0 aliphatic carbocycles. The van der Waals surface area contributed by atoms with Crippen LogP contribution in [0.4, 0.5) is 0 Å². The lowest BCUT2D eigenvalue weighted by molar-refractivity contribution is -0.129. The molecule has 0 fully saturated rings. The lowest BCUT2D eigenvalue weighted by Crippen LogP contribution is -2.14. The number of allylic oxidation sites excluding steroid dienone is 3. The minimum atomic E-state index is -0.0674. The number of hydrogen-bond donors (Lipinski definition) is 0. The summed E-state index contributed by atoms with van der Waals surface area (Å²) in [5.41, 5.74) is 1.51. The molecule has 0 rings (SSSR count). The molecule has 0 saturated carbocycles. The van der Waals surface area contributed by atoms with Crippen LogP contribution in [0.3, 0.4) is 0 Å². The molecule has 0 aromatic heterocycles. The highest BCUT2D eigenvalue weighted by molar-refractivity contribution is 4.98. The van der Waals surface area contributed by atoms with Gasteiger partial charge in [-0.25, -0.2) is 0 Å². The van der Waals surface area contributed by atoms with Gasteiger partial charge in [0.2, 0.25) is 0 Å². The normalized spacial score (nSPS) is 15.1. The number of ether oxygens (including phenoxy) is 2. The van der Waals surface area contributed by atoms with Gasteiger partial charge < -0.3 is 9.47 Å². The third-order valence-corrected chi connectivity index (χ3v) is 3.50. The molecule has 0 heterocycles. The molecular formula is C18H34O2. The van der Waals surface area contributed by atoms with E-state index in [4.69, 9.17) is 9.47 Å². The smallest absolute Gasteiger partial charge is 0.154 e. The van der Waals surface area contributed by atoms with E-state index in [2.05, 4.69) is 26.5 Å². The summed E-state index contributed by atoms with van der Waals surface area (Å²) in [6.45, 7) is 13.8. The highest BCUT2D eigenvalue weighted by Crippen LogP contribution is 2.16. The Morgan fingerprint density at radius 3 is 2.55 bits per heavy atom. The van der Waals surface area contributed by atoms with Crippen molar-refractivity contribution in [2.24, 2.45) is 5.92 Å². The Labute approximate surface area is 126 Å². The van der Waals surface area contributed by atoms with Gasteiger partial charge in [-0.15, -0.1) is 6.58 Å². The Bertz CT molecular complexity index is 258. The van der Waals surface area contributed by atoms with Crippen LogP contribution in [0.2, 0.25) is 0 Å². The summed E-state index contributed by atoms with van der Waals surface area (Å²) in [7, 11) is 0. The fourth-order valence-corrected chi connectivity index (χ4v) is 2.14. The van der Waals surface area contributed by atoms with E-state index < -0.39 is 0 Å². The second-order valence-electron chi connectivity index (χ2n) is 5.60. The van der Waals surface area contributed by atoms with Gasteiger partial charge in [0, 0.05) is 13.2 Å². The first-order chi connectivity index (χ1) is 9.60. The van der Waals surface area contributed by atoms with Crippen molar-refractivity contribution in [1.29, 1.82) is 0 Å². The largest absolute Gasteiger partial charge is 0.353 e. The molecule has 0 saturated heterocycles. The molecule has 0 aliphatic rings. The van der Waals surface area contributed by atoms with E-state index in [-0.39, 0.29) is 6.29 Å². The third-order valence-electron chi connectivity index (χ3n) is 3.50. The second-order valence-corrected chi connectivity index (χ2v) is 5.60. The van der Waals surface area contributed by atoms with Crippen molar-refractivity contribution in [2.45, 2.75) is 72.5 Å². The Morgan fingerprint density at radius 2 is 1.90 bits per heavy atom. The summed E-state index contributed by atoms with van der Waals surface area (Å²) in [6, 6.07) is 0. The summed E-state index contributed by atoms with van der Waals surface area (Å²) in [5.74, 6) is 0.727. The van der Waals surface area contributed by atoms with Gasteiger partial charge in [0.05, 0.1) is 0 Å². The number of hydrogen-bond acceptors (Lipinski definition) is 2. The van der Waals surface area contributed by atoms with Gasteiger partial charge >= 0.3 is 0 Å². The molecular weight excluding hydrogens is 248 g/mol. The fraction of sp³-hybridized carbons (Fsp3) is 0.778. The molecule has 0 N–H and O–H groups in total. The minimum Gasteiger partial charge on any atom is -0.353 e. The van der Waals surface area contributed by atoms with Crippen molar-refractivity contribution in [2.75, 3.05) is 13.2 Å². The Hall–Kier alpha value is -0.600. The zero-order chi connectivity index (χ0) is 15.2. The molecule has 0 aromatic carbocycles. The van der Waals surface area contributed by atoms with Crippen LogP contribution in [0.1, 0.15) is 66.2 Å². The number of unbranched alkanes of at least 4 members (excludes halogenated alkanes) is 1. The van der Waals surface area contributed by atoms with Crippen LogP contribution in [-0.2, 0) is 9.47 Å². The molecule has 2 heteroatoms. The van der Waals surface area contributed by atoms with Crippen molar-refractivity contribution in [3.8, 4) is 0 Å². The van der Waals surface area contributed by atoms with Gasteiger partial charge in [-0.05, 0) is 58.8 Å². The molecule has 0 radical (unpaired) electrons. The number of rotatable bonds is 13. The standard InChI is InChI=1S/C18H34O2/c1-6-8-9-11-16(3)12-10-13-17(4)14-15-20-18(5)19-7-2/h6,11,17-18H,1,7-10,12-15H2,2-5H3. The van der Waals surface area contributed by atoms with E-state index in [1.54, 1.807) is 0 Å². The van der Waals surface area contributed by atoms with E-state index in [1.165, 1.54) is 24.8 Å². The first kappa shape index (κ1) is 19.4. The van der Waals surface area contributed by atoms with Crippen LogP contribution in [-0.4, -0.2) is 19.5 Å². The van der Waals surface area contributed by atoms with Crippen LogP contribution in [0.25, 0.3) is 0 Å². The molecule has 20 heavy (non-hydrogen) atoms. The van der Waals surface area contributed by atoms with E-state index in [9.17, 15) is 0 Å². The topological polar surface area (TPSA) is 18.5 Å². The minimum absolute atomic E-state index is 0.0674. The van der Waals surface area contributed by atoms with Crippen molar-refractivity contribution >= 4 is 0 Å². The van der Waals surface area contributed by atoms with Gasteiger partial charge in [-0.1, -0.05) is 31.1 Å². The quantitative estimate of drug-likeness (QED) is 0.252. The Kier molecular flexibility index (Phi) is 13.0. The van der Waals surface area contributed by atoms with Crippen LogP contribution in [0, 0.1) is 5.92 Å². The zero-order valence-electron chi connectivity index (χ0n) is 14.0. The van der Waals surface area contributed by atoms with E-state index in [0.29, 0.717) is 6.61 Å². The fourth-order valence-electron chi connectivity index (χ4n) is 2.14. The van der Waals surface area contributed by atoms with Crippen molar-refractivity contribution < 1.29 is 9.47 Å². The average molecular weight is 282 g/mol. The molecule has 0 aliphatic heterocycles. The summed E-state index contributed by atoms with van der Waals surface area (Å²) >= 11 is 0. The molecule has 0 aromatic rings. The van der Waals surface area contributed by atoms with E-state index in [0.717, 1.165) is 31.8 Å². The Morgan fingerprint density at radius 1 is 1.15 bits per heavy atom. The zero-order valence-corrected chi connectivity index (χ0v) is 14.0. The third kappa shape index (κ3) is 12.4. The first-order valence-electron chi connectivity index (χ1n) is 8.09. The van der Waals surface area contributed by atoms with Crippen molar-refractivity contribution in [1.82, 2.24) is 0 Å². The Balaban J connectivity index is 3.55. The van der Waals surface area contributed by atoms with Gasteiger partial charge in [0.15, 0.2) is 6.29 Å². The highest BCUT2D eigenvalue weighted by atomic mass is 16.7. The molecule has 118 valence electrons.